The second-order valence-electron chi connectivity index (χ2n) is 5.65. The van der Waals surface area contributed by atoms with E-state index in [1.807, 2.05) is 6.26 Å². The molecule has 1 aliphatic heterocycles. The zero-order valence-corrected chi connectivity index (χ0v) is 12.6. The van der Waals surface area contributed by atoms with Crippen LogP contribution in [0.4, 0.5) is 4.79 Å². The third kappa shape index (κ3) is 3.38. The summed E-state index contributed by atoms with van der Waals surface area (Å²) in [6.45, 7) is 1.29. The SMILES string of the molecule is CSCCC(NC(N)=O)C(=O)N1CC2CCC(O)C2C1. The normalized spacial score (nSPS) is 30.1. The number of urea groups is 1. The van der Waals surface area contributed by atoms with E-state index < -0.39 is 12.1 Å². The highest BCUT2D eigenvalue weighted by molar-refractivity contribution is 7.98. The van der Waals surface area contributed by atoms with Crippen molar-refractivity contribution in [2.75, 3.05) is 25.1 Å². The number of primary amides is 1. The molecule has 1 saturated heterocycles. The van der Waals surface area contributed by atoms with Crippen LogP contribution in [-0.4, -0.2) is 59.2 Å². The lowest BCUT2D eigenvalue weighted by Gasteiger charge is -2.24. The van der Waals surface area contributed by atoms with Gasteiger partial charge in [0.25, 0.3) is 0 Å². The summed E-state index contributed by atoms with van der Waals surface area (Å²) >= 11 is 1.63. The number of hydrogen-bond acceptors (Lipinski definition) is 4. The van der Waals surface area contributed by atoms with Crippen molar-refractivity contribution in [1.29, 1.82) is 0 Å². The van der Waals surface area contributed by atoms with Gasteiger partial charge >= 0.3 is 6.03 Å². The van der Waals surface area contributed by atoms with Gasteiger partial charge in [-0.25, -0.2) is 4.79 Å². The Hall–Kier alpha value is -0.950. The third-order valence-corrected chi connectivity index (χ3v) is 5.00. The number of nitrogens with zero attached hydrogens (tertiary/aromatic N) is 1. The van der Waals surface area contributed by atoms with Gasteiger partial charge in [0, 0.05) is 19.0 Å². The molecule has 3 amide bonds. The summed E-state index contributed by atoms with van der Waals surface area (Å²) in [7, 11) is 0. The number of fused-ring (bicyclic) bond motifs is 1. The van der Waals surface area contributed by atoms with E-state index in [1.54, 1.807) is 16.7 Å². The summed E-state index contributed by atoms with van der Waals surface area (Å²) < 4.78 is 0. The van der Waals surface area contributed by atoms with E-state index in [1.165, 1.54) is 0 Å². The maximum absolute atomic E-state index is 12.5. The molecule has 7 heteroatoms. The lowest BCUT2D eigenvalue weighted by Crippen LogP contribution is -2.50. The van der Waals surface area contributed by atoms with Crippen LogP contribution in [0, 0.1) is 11.8 Å². The van der Waals surface area contributed by atoms with E-state index in [9.17, 15) is 14.7 Å². The van der Waals surface area contributed by atoms with Gasteiger partial charge in [0.05, 0.1) is 6.10 Å². The second kappa shape index (κ2) is 6.67. The van der Waals surface area contributed by atoms with Gasteiger partial charge in [-0.2, -0.15) is 11.8 Å². The van der Waals surface area contributed by atoms with Crippen molar-refractivity contribution in [2.24, 2.45) is 17.6 Å². The standard InChI is InChI=1S/C13H23N3O3S/c1-20-5-4-10(15-13(14)19)12(18)16-6-8-2-3-11(17)9(8)7-16/h8-11,17H,2-7H2,1H3,(H3,14,15,19). The number of nitrogens with one attached hydrogen (secondary N) is 1. The molecule has 1 heterocycles. The van der Waals surface area contributed by atoms with Crippen LogP contribution in [-0.2, 0) is 4.79 Å². The predicted octanol–water partition coefficient (Wildman–Crippen LogP) is 0.00570. The number of thioether (sulfide) groups is 1. The van der Waals surface area contributed by atoms with Crippen LogP contribution in [0.1, 0.15) is 19.3 Å². The van der Waals surface area contributed by atoms with E-state index >= 15 is 0 Å². The molecule has 20 heavy (non-hydrogen) atoms. The lowest BCUT2D eigenvalue weighted by atomic mass is 10.00. The van der Waals surface area contributed by atoms with Gasteiger partial charge in [-0.1, -0.05) is 0 Å². The summed E-state index contributed by atoms with van der Waals surface area (Å²) in [5, 5.41) is 12.4. The van der Waals surface area contributed by atoms with E-state index in [2.05, 4.69) is 5.32 Å². The van der Waals surface area contributed by atoms with Crippen molar-refractivity contribution in [3.63, 3.8) is 0 Å². The first-order valence-electron chi connectivity index (χ1n) is 7.04. The number of likely N-dealkylation sites (tertiary alicyclic amines) is 1. The summed E-state index contributed by atoms with van der Waals surface area (Å²) in [6, 6.07) is -1.21. The average molecular weight is 301 g/mol. The van der Waals surface area contributed by atoms with E-state index in [0.717, 1.165) is 18.6 Å². The van der Waals surface area contributed by atoms with Crippen LogP contribution in [0.15, 0.2) is 0 Å². The van der Waals surface area contributed by atoms with Crippen LogP contribution in [0.25, 0.3) is 0 Å². The highest BCUT2D eigenvalue weighted by atomic mass is 32.2. The summed E-state index contributed by atoms with van der Waals surface area (Å²) in [6.07, 6.45) is 4.08. The maximum Gasteiger partial charge on any atom is 0.312 e. The zero-order chi connectivity index (χ0) is 14.7. The molecule has 2 aliphatic rings. The number of carbonyl (C=O) groups excluding carboxylic acids is 2. The van der Waals surface area contributed by atoms with Gasteiger partial charge in [0.1, 0.15) is 6.04 Å². The molecule has 1 saturated carbocycles. The van der Waals surface area contributed by atoms with Crippen molar-refractivity contribution in [2.45, 2.75) is 31.4 Å². The number of nitrogens with two attached hydrogens (primary N) is 1. The van der Waals surface area contributed by atoms with E-state index in [4.69, 9.17) is 5.73 Å². The Kier molecular flexibility index (Phi) is 5.15. The van der Waals surface area contributed by atoms with Crippen molar-refractivity contribution in [1.82, 2.24) is 10.2 Å². The first kappa shape index (κ1) is 15.4. The van der Waals surface area contributed by atoms with Crippen molar-refractivity contribution >= 4 is 23.7 Å². The molecule has 6 nitrogen and oxygen atoms in total. The third-order valence-electron chi connectivity index (χ3n) is 4.36. The molecule has 2 rings (SSSR count). The van der Waals surface area contributed by atoms with Crippen molar-refractivity contribution in [3.8, 4) is 0 Å². The van der Waals surface area contributed by atoms with E-state index in [0.29, 0.717) is 25.4 Å². The molecule has 0 aromatic carbocycles. The van der Waals surface area contributed by atoms with Crippen molar-refractivity contribution in [3.05, 3.63) is 0 Å². The van der Waals surface area contributed by atoms with Crippen molar-refractivity contribution < 1.29 is 14.7 Å². The summed E-state index contributed by atoms with van der Waals surface area (Å²) in [4.78, 5) is 25.3. The molecule has 0 aromatic rings. The Morgan fingerprint density at radius 3 is 2.80 bits per heavy atom. The van der Waals surface area contributed by atoms with Gasteiger partial charge in [-0.05, 0) is 37.2 Å². The van der Waals surface area contributed by atoms with Crippen LogP contribution in [0.3, 0.4) is 0 Å². The smallest absolute Gasteiger partial charge is 0.312 e. The maximum atomic E-state index is 12.5. The fourth-order valence-electron chi connectivity index (χ4n) is 3.30. The first-order valence-corrected chi connectivity index (χ1v) is 8.44. The molecule has 0 spiro atoms. The van der Waals surface area contributed by atoms with Gasteiger partial charge in [-0.3, -0.25) is 4.79 Å². The first-order chi connectivity index (χ1) is 9.52. The number of aliphatic hydroxyl groups excluding tert-OH is 1. The minimum absolute atomic E-state index is 0.0700. The number of aliphatic hydroxyl groups is 1. The fourth-order valence-corrected chi connectivity index (χ4v) is 3.77. The quantitative estimate of drug-likeness (QED) is 0.666. The Balaban J connectivity index is 1.95. The molecule has 0 radical (unpaired) electrons. The topological polar surface area (TPSA) is 95.7 Å². The second-order valence-corrected chi connectivity index (χ2v) is 6.64. The molecule has 0 aromatic heterocycles. The monoisotopic (exact) mass is 301 g/mol. The highest BCUT2D eigenvalue weighted by Crippen LogP contribution is 2.38. The minimum atomic E-state index is -0.663. The molecule has 2 fully saturated rings. The Labute approximate surface area is 123 Å². The molecular weight excluding hydrogens is 278 g/mol. The number of carbonyl (C=O) groups is 2. The van der Waals surface area contributed by atoms with Gasteiger partial charge < -0.3 is 21.1 Å². The molecule has 1 aliphatic carbocycles. The number of amides is 3. The van der Waals surface area contributed by atoms with E-state index in [-0.39, 0.29) is 17.9 Å². The predicted molar refractivity (Wildman–Crippen MR) is 78.3 cm³/mol. The number of hydrogen-bond donors (Lipinski definition) is 3. The molecule has 4 atom stereocenters. The molecular formula is C13H23N3O3S. The lowest BCUT2D eigenvalue weighted by molar-refractivity contribution is -0.132. The van der Waals surface area contributed by atoms with Gasteiger partial charge in [0.15, 0.2) is 0 Å². The Bertz CT molecular complexity index is 380. The van der Waals surface area contributed by atoms with Gasteiger partial charge in [-0.15, -0.1) is 0 Å². The largest absolute Gasteiger partial charge is 0.393 e. The highest BCUT2D eigenvalue weighted by Gasteiger charge is 2.44. The minimum Gasteiger partial charge on any atom is -0.393 e. The average Bonchev–Trinajstić information content (AvgIpc) is 2.96. The summed E-state index contributed by atoms with van der Waals surface area (Å²) in [5.74, 6) is 1.33. The Morgan fingerprint density at radius 2 is 2.20 bits per heavy atom. The van der Waals surface area contributed by atoms with Crippen LogP contribution >= 0.6 is 11.8 Å². The fraction of sp³-hybridized carbons (Fsp3) is 0.846. The van der Waals surface area contributed by atoms with Gasteiger partial charge in [0.2, 0.25) is 5.91 Å². The molecule has 0 bridgehead atoms. The molecule has 4 N–H and O–H groups in total. The van der Waals surface area contributed by atoms with Crippen LogP contribution in [0.5, 0.6) is 0 Å². The zero-order valence-electron chi connectivity index (χ0n) is 11.7. The van der Waals surface area contributed by atoms with Crippen LogP contribution < -0.4 is 11.1 Å². The molecule has 4 unspecified atom stereocenters. The number of rotatable bonds is 5. The Morgan fingerprint density at radius 1 is 1.45 bits per heavy atom. The summed E-state index contributed by atoms with van der Waals surface area (Å²) in [5.41, 5.74) is 5.15. The molecule has 114 valence electrons. The van der Waals surface area contributed by atoms with Crippen LogP contribution in [0.2, 0.25) is 0 Å².